The predicted octanol–water partition coefficient (Wildman–Crippen LogP) is 3.83. The van der Waals surface area contributed by atoms with Gasteiger partial charge in [0.25, 0.3) is 0 Å². The number of halogens is 1. The minimum Gasteiger partial charge on any atom is -0.293 e. The summed E-state index contributed by atoms with van der Waals surface area (Å²) in [5, 5.41) is 0. The molecular weight excluding hydrogens is 237 g/mol. The average molecular weight is 257 g/mol. The van der Waals surface area contributed by atoms with Crippen LogP contribution in [0.25, 0.3) is 0 Å². The quantitative estimate of drug-likeness (QED) is 0.778. The van der Waals surface area contributed by atoms with Crippen LogP contribution in [0, 0.1) is 0 Å². The number of alkyl halides is 1. The van der Waals surface area contributed by atoms with Gasteiger partial charge in [-0.05, 0) is 37.6 Å². The maximum Gasteiger partial charge on any atom is 0.173 e. The van der Waals surface area contributed by atoms with E-state index in [1.165, 1.54) is 19.3 Å². The zero-order chi connectivity index (χ0) is 13.1. The Bertz CT molecular complexity index is 473. The van der Waals surface area contributed by atoms with Gasteiger partial charge in [-0.15, -0.1) is 0 Å². The first-order chi connectivity index (χ1) is 9.31. The van der Waals surface area contributed by atoms with Crippen molar-refractivity contribution in [1.82, 2.24) is 4.90 Å². The van der Waals surface area contributed by atoms with Crippen molar-refractivity contribution in [1.29, 1.82) is 0 Å². The lowest BCUT2D eigenvalue weighted by atomic mass is 9.83. The highest BCUT2D eigenvalue weighted by Gasteiger charge is 2.41. The lowest BCUT2D eigenvalue weighted by Gasteiger charge is -2.41. The largest absolute Gasteiger partial charge is 0.293 e. The van der Waals surface area contributed by atoms with Crippen molar-refractivity contribution in [3.05, 3.63) is 60.2 Å². The van der Waals surface area contributed by atoms with Crippen molar-refractivity contribution in [2.45, 2.75) is 31.0 Å². The number of nitrogens with zero attached hydrogens (tertiary/aromatic N) is 1. The van der Waals surface area contributed by atoms with Crippen molar-refractivity contribution < 1.29 is 4.39 Å². The first-order valence-corrected chi connectivity index (χ1v) is 7.15. The van der Waals surface area contributed by atoms with Crippen molar-refractivity contribution in [2.75, 3.05) is 13.1 Å². The van der Waals surface area contributed by atoms with Crippen LogP contribution in [0.5, 0.6) is 0 Å². The molecule has 0 bridgehead atoms. The molecule has 0 N–H and O–H groups in total. The normalized spacial score (nSPS) is 31.5. The Morgan fingerprint density at radius 2 is 1.74 bits per heavy atom. The average Bonchev–Trinajstić information content (AvgIpc) is 2.49. The van der Waals surface area contributed by atoms with Gasteiger partial charge in [-0.25, -0.2) is 4.39 Å². The maximum absolute atomic E-state index is 15.6. The van der Waals surface area contributed by atoms with Gasteiger partial charge in [0.1, 0.15) is 0 Å². The van der Waals surface area contributed by atoms with E-state index in [0.29, 0.717) is 0 Å². The van der Waals surface area contributed by atoms with E-state index in [1.54, 1.807) is 6.08 Å². The monoisotopic (exact) mass is 257 g/mol. The molecule has 1 fully saturated rings. The Labute approximate surface area is 114 Å². The van der Waals surface area contributed by atoms with E-state index >= 15 is 4.39 Å². The summed E-state index contributed by atoms with van der Waals surface area (Å²) in [6.07, 6.45) is 11.2. The van der Waals surface area contributed by atoms with Crippen LogP contribution in [-0.2, 0) is 5.67 Å². The molecule has 1 aliphatic carbocycles. The molecule has 100 valence electrons. The summed E-state index contributed by atoms with van der Waals surface area (Å²) in [6, 6.07) is 9.37. The molecule has 0 aromatic heterocycles. The van der Waals surface area contributed by atoms with E-state index in [-0.39, 0.29) is 6.04 Å². The third-order valence-electron chi connectivity index (χ3n) is 4.17. The topological polar surface area (TPSA) is 3.24 Å². The van der Waals surface area contributed by atoms with Gasteiger partial charge in [-0.1, -0.05) is 55.0 Å². The van der Waals surface area contributed by atoms with Gasteiger partial charge < -0.3 is 0 Å². The first kappa shape index (κ1) is 12.6. The molecule has 1 aliphatic heterocycles. The number of benzene rings is 1. The second-order valence-corrected chi connectivity index (χ2v) is 5.42. The van der Waals surface area contributed by atoms with Crippen molar-refractivity contribution >= 4 is 0 Å². The summed E-state index contributed by atoms with van der Waals surface area (Å²) in [5.74, 6) is 0. The van der Waals surface area contributed by atoms with E-state index < -0.39 is 5.67 Å². The second-order valence-electron chi connectivity index (χ2n) is 5.42. The maximum atomic E-state index is 15.6. The molecule has 1 saturated heterocycles. The molecule has 0 amide bonds. The Morgan fingerprint density at radius 1 is 1.00 bits per heavy atom. The number of rotatable bonds is 2. The zero-order valence-corrected chi connectivity index (χ0v) is 11.1. The van der Waals surface area contributed by atoms with E-state index in [4.69, 9.17) is 0 Å². The standard InChI is InChI=1S/C17H20FN/c18-17(15-9-3-1-4-10-15)12-6-5-11-16(17)19-13-7-2-8-14-19/h1,3-6,9-12,16H,2,7-8,13-14H2. The number of allylic oxidation sites excluding steroid dienone is 2. The van der Waals surface area contributed by atoms with Crippen molar-refractivity contribution in [3.63, 3.8) is 0 Å². The van der Waals surface area contributed by atoms with Gasteiger partial charge in [0.05, 0.1) is 6.04 Å². The molecule has 2 atom stereocenters. The Balaban J connectivity index is 1.93. The molecule has 19 heavy (non-hydrogen) atoms. The number of likely N-dealkylation sites (tertiary alicyclic amines) is 1. The van der Waals surface area contributed by atoms with Crippen LogP contribution in [0.1, 0.15) is 24.8 Å². The summed E-state index contributed by atoms with van der Waals surface area (Å²) >= 11 is 0. The Kier molecular flexibility index (Phi) is 3.52. The summed E-state index contributed by atoms with van der Waals surface area (Å²) < 4.78 is 15.6. The van der Waals surface area contributed by atoms with Gasteiger partial charge in [-0.2, -0.15) is 0 Å². The molecule has 0 saturated carbocycles. The molecular formula is C17H20FN. The van der Waals surface area contributed by atoms with Crippen molar-refractivity contribution in [2.24, 2.45) is 0 Å². The van der Waals surface area contributed by atoms with Gasteiger partial charge in [0.15, 0.2) is 5.67 Å². The van der Waals surface area contributed by atoms with Crippen LogP contribution in [0.3, 0.4) is 0 Å². The second kappa shape index (κ2) is 5.30. The van der Waals surface area contributed by atoms with Crippen LogP contribution in [0.4, 0.5) is 4.39 Å². The van der Waals surface area contributed by atoms with Gasteiger partial charge in [-0.3, -0.25) is 4.90 Å². The Morgan fingerprint density at radius 3 is 2.47 bits per heavy atom. The molecule has 1 aromatic carbocycles. The third kappa shape index (κ3) is 2.37. The smallest absolute Gasteiger partial charge is 0.173 e. The summed E-state index contributed by atoms with van der Waals surface area (Å²) in [6.45, 7) is 2.00. The predicted molar refractivity (Wildman–Crippen MR) is 76.7 cm³/mol. The lowest BCUT2D eigenvalue weighted by Crippen LogP contribution is -2.49. The first-order valence-electron chi connectivity index (χ1n) is 7.15. The van der Waals surface area contributed by atoms with Crippen LogP contribution in [-0.4, -0.2) is 24.0 Å². The highest BCUT2D eigenvalue weighted by atomic mass is 19.1. The SMILES string of the molecule is FC1(c2ccccc2)C=CC=CC1N1CCCCC1. The number of piperidine rings is 1. The van der Waals surface area contributed by atoms with E-state index in [0.717, 1.165) is 18.7 Å². The molecule has 3 rings (SSSR count). The van der Waals surface area contributed by atoms with Gasteiger partial charge in [0.2, 0.25) is 0 Å². The highest BCUT2D eigenvalue weighted by molar-refractivity contribution is 5.36. The molecule has 0 radical (unpaired) electrons. The summed E-state index contributed by atoms with van der Waals surface area (Å²) in [5.41, 5.74) is -0.640. The van der Waals surface area contributed by atoms with E-state index in [1.807, 2.05) is 48.6 Å². The van der Waals surface area contributed by atoms with Crippen molar-refractivity contribution in [3.8, 4) is 0 Å². The van der Waals surface area contributed by atoms with Crippen LogP contribution < -0.4 is 0 Å². The van der Waals surface area contributed by atoms with Crippen LogP contribution in [0.2, 0.25) is 0 Å². The number of hydrogen-bond donors (Lipinski definition) is 0. The molecule has 2 unspecified atom stereocenters. The van der Waals surface area contributed by atoms with Gasteiger partial charge >= 0.3 is 0 Å². The van der Waals surface area contributed by atoms with E-state index in [9.17, 15) is 0 Å². The molecule has 1 heterocycles. The van der Waals surface area contributed by atoms with Gasteiger partial charge in [0, 0.05) is 0 Å². The van der Waals surface area contributed by atoms with Crippen LogP contribution in [0.15, 0.2) is 54.6 Å². The fraction of sp³-hybridized carbons (Fsp3) is 0.412. The lowest BCUT2D eigenvalue weighted by molar-refractivity contribution is 0.0698. The third-order valence-corrected chi connectivity index (χ3v) is 4.17. The highest BCUT2D eigenvalue weighted by Crippen LogP contribution is 2.38. The molecule has 2 heteroatoms. The molecule has 1 nitrogen and oxygen atoms in total. The number of hydrogen-bond acceptors (Lipinski definition) is 1. The van der Waals surface area contributed by atoms with E-state index in [2.05, 4.69) is 4.90 Å². The fourth-order valence-corrected chi connectivity index (χ4v) is 3.15. The minimum absolute atomic E-state index is 0.166. The zero-order valence-electron chi connectivity index (χ0n) is 11.1. The fourth-order valence-electron chi connectivity index (χ4n) is 3.15. The summed E-state index contributed by atoms with van der Waals surface area (Å²) in [4.78, 5) is 2.29. The summed E-state index contributed by atoms with van der Waals surface area (Å²) in [7, 11) is 0. The molecule has 0 spiro atoms. The molecule has 1 aromatic rings. The Hall–Kier alpha value is -1.41. The van der Waals surface area contributed by atoms with Crippen LogP contribution >= 0.6 is 0 Å². The molecule has 2 aliphatic rings. The minimum atomic E-state index is -1.40.